The Balaban J connectivity index is 0.000000271. The third-order valence-electron chi connectivity index (χ3n) is 7.95. The van der Waals surface area contributed by atoms with Crippen LogP contribution >= 0.6 is 0 Å². The summed E-state index contributed by atoms with van der Waals surface area (Å²) in [6.07, 6.45) is 1.25. The number of hydrogen-bond donors (Lipinski definition) is 0. The van der Waals surface area contributed by atoms with E-state index in [9.17, 15) is 0 Å². The minimum atomic E-state index is 0.266. The Hall–Kier alpha value is -0.0800. The summed E-state index contributed by atoms with van der Waals surface area (Å²) in [5.74, 6) is 4.30. The van der Waals surface area contributed by atoms with Crippen LogP contribution < -0.4 is 0 Å². The summed E-state index contributed by atoms with van der Waals surface area (Å²) in [5, 5.41) is 0. The van der Waals surface area contributed by atoms with Gasteiger partial charge in [0.1, 0.15) is 0 Å². The summed E-state index contributed by atoms with van der Waals surface area (Å²) in [5.41, 5.74) is 0.649. The summed E-state index contributed by atoms with van der Waals surface area (Å²) < 4.78 is 11.9. The van der Waals surface area contributed by atoms with Crippen molar-refractivity contribution in [3.05, 3.63) is 0 Å². The van der Waals surface area contributed by atoms with Gasteiger partial charge in [0, 0.05) is 0 Å². The Bertz CT molecular complexity index is 444. The molecule has 27 heavy (non-hydrogen) atoms. The third kappa shape index (κ3) is 6.20. The van der Waals surface area contributed by atoms with Gasteiger partial charge in [-0.2, -0.15) is 0 Å². The smallest absolute Gasteiger partial charge is 0.0655 e. The van der Waals surface area contributed by atoms with Crippen molar-refractivity contribution in [3.8, 4) is 0 Å². The monoisotopic (exact) mass is 382 g/mol. The Kier molecular flexibility index (Phi) is 8.47. The Morgan fingerprint density at radius 2 is 1.04 bits per heavy atom. The lowest BCUT2D eigenvalue weighted by Crippen LogP contribution is -2.48. The van der Waals surface area contributed by atoms with Gasteiger partial charge in [-0.05, 0) is 60.2 Å². The summed E-state index contributed by atoms with van der Waals surface area (Å²) in [6.45, 7) is 30.9. The predicted octanol–water partition coefficient (Wildman–Crippen LogP) is 7.07. The van der Waals surface area contributed by atoms with Gasteiger partial charge >= 0.3 is 0 Å². The molecule has 2 saturated heterocycles. The molecule has 0 bridgehead atoms. The lowest BCUT2D eigenvalue weighted by molar-refractivity contribution is -0.163. The summed E-state index contributed by atoms with van der Waals surface area (Å²) in [4.78, 5) is 0. The second kappa shape index (κ2) is 9.16. The molecule has 0 radical (unpaired) electrons. The van der Waals surface area contributed by atoms with Crippen LogP contribution in [-0.4, -0.2) is 24.9 Å². The fourth-order valence-electron chi connectivity index (χ4n) is 5.05. The van der Waals surface area contributed by atoms with Gasteiger partial charge < -0.3 is 9.47 Å². The minimum absolute atomic E-state index is 0.266. The van der Waals surface area contributed by atoms with Crippen LogP contribution in [0.1, 0.15) is 90.0 Å². The van der Waals surface area contributed by atoms with E-state index in [4.69, 9.17) is 9.47 Å². The van der Waals surface area contributed by atoms with E-state index in [2.05, 4.69) is 90.0 Å². The first-order valence-corrected chi connectivity index (χ1v) is 11.4. The molecule has 2 fully saturated rings. The minimum Gasteiger partial charge on any atom is -0.378 e. The predicted molar refractivity (Wildman–Crippen MR) is 118 cm³/mol. The van der Waals surface area contributed by atoms with E-state index in [0.29, 0.717) is 47.4 Å². The van der Waals surface area contributed by atoms with Crippen molar-refractivity contribution in [2.24, 2.45) is 46.3 Å². The van der Waals surface area contributed by atoms with Crippen LogP contribution in [0.2, 0.25) is 0 Å². The molecular formula is C25H50O2. The average Bonchev–Trinajstić information content (AvgIpc) is 2.52. The van der Waals surface area contributed by atoms with Crippen molar-refractivity contribution in [1.29, 1.82) is 0 Å². The fraction of sp³-hybridized carbons (Fsp3) is 1.00. The van der Waals surface area contributed by atoms with Crippen LogP contribution in [-0.2, 0) is 9.47 Å². The van der Waals surface area contributed by atoms with E-state index < -0.39 is 0 Å². The third-order valence-corrected chi connectivity index (χ3v) is 7.95. The standard InChI is InChI=1S/C13H26O.C12H24O/c1-8-9(2)11(4)14-12(10(8)3)13(5,6)7;1-8-9(2)11(12(4,5)6)7-13-10(8)3/h8-12H,1-7H3;8-11H,7H2,1-6H3/t8?,9-,10?,11+,12-;8-,9?,10+,11-/m11/s1. The highest BCUT2D eigenvalue weighted by Crippen LogP contribution is 2.42. The highest BCUT2D eigenvalue weighted by atomic mass is 16.5. The molecule has 0 aromatic heterocycles. The maximum atomic E-state index is 6.15. The van der Waals surface area contributed by atoms with E-state index in [1.807, 2.05) is 0 Å². The van der Waals surface area contributed by atoms with Crippen LogP contribution in [0.3, 0.4) is 0 Å². The molecule has 0 aromatic rings. The molecule has 0 saturated carbocycles. The van der Waals surface area contributed by atoms with Crippen LogP contribution in [0.25, 0.3) is 0 Å². The van der Waals surface area contributed by atoms with Crippen molar-refractivity contribution in [3.63, 3.8) is 0 Å². The van der Waals surface area contributed by atoms with Gasteiger partial charge in [-0.1, -0.05) is 76.2 Å². The molecular weight excluding hydrogens is 332 g/mol. The van der Waals surface area contributed by atoms with E-state index in [1.165, 1.54) is 0 Å². The van der Waals surface area contributed by atoms with Gasteiger partial charge in [0.05, 0.1) is 24.9 Å². The topological polar surface area (TPSA) is 18.5 Å². The number of ether oxygens (including phenoxy) is 2. The second-order valence-electron chi connectivity index (χ2n) is 11.9. The fourth-order valence-corrected chi connectivity index (χ4v) is 5.05. The molecule has 162 valence electrons. The van der Waals surface area contributed by atoms with Crippen LogP contribution in [0.4, 0.5) is 0 Å². The van der Waals surface area contributed by atoms with Crippen molar-refractivity contribution in [2.45, 2.75) is 108 Å². The van der Waals surface area contributed by atoms with E-state index in [-0.39, 0.29) is 5.41 Å². The van der Waals surface area contributed by atoms with Crippen LogP contribution in [0.15, 0.2) is 0 Å². The molecule has 2 aliphatic rings. The average molecular weight is 383 g/mol. The first-order valence-electron chi connectivity index (χ1n) is 11.4. The molecule has 0 amide bonds. The molecule has 9 atom stereocenters. The van der Waals surface area contributed by atoms with Crippen molar-refractivity contribution in [2.75, 3.05) is 6.61 Å². The summed E-state index contributed by atoms with van der Waals surface area (Å²) in [7, 11) is 0. The van der Waals surface area contributed by atoms with Crippen LogP contribution in [0.5, 0.6) is 0 Å². The molecule has 2 heteroatoms. The lowest BCUT2D eigenvalue weighted by atomic mass is 9.68. The molecule has 0 spiro atoms. The molecule has 0 aromatic carbocycles. The van der Waals surface area contributed by atoms with E-state index in [1.54, 1.807) is 0 Å². The molecule has 0 N–H and O–H groups in total. The molecule has 2 heterocycles. The van der Waals surface area contributed by atoms with Crippen molar-refractivity contribution < 1.29 is 9.47 Å². The Labute approximate surface area is 171 Å². The zero-order valence-electron chi connectivity index (χ0n) is 20.7. The second-order valence-corrected chi connectivity index (χ2v) is 11.9. The summed E-state index contributed by atoms with van der Waals surface area (Å²) in [6, 6.07) is 0. The van der Waals surface area contributed by atoms with Gasteiger partial charge in [-0.3, -0.25) is 0 Å². The summed E-state index contributed by atoms with van der Waals surface area (Å²) >= 11 is 0. The highest BCUT2D eigenvalue weighted by molar-refractivity contribution is 4.90. The molecule has 0 aliphatic carbocycles. The Morgan fingerprint density at radius 3 is 1.48 bits per heavy atom. The first kappa shape index (κ1) is 25.0. The van der Waals surface area contributed by atoms with Gasteiger partial charge in [-0.15, -0.1) is 0 Å². The Morgan fingerprint density at radius 1 is 0.556 bits per heavy atom. The molecule has 2 rings (SSSR count). The number of hydrogen-bond acceptors (Lipinski definition) is 2. The lowest BCUT2D eigenvalue weighted by Gasteiger charge is -2.47. The van der Waals surface area contributed by atoms with Gasteiger partial charge in [0.25, 0.3) is 0 Å². The van der Waals surface area contributed by atoms with Crippen molar-refractivity contribution in [1.82, 2.24) is 0 Å². The van der Waals surface area contributed by atoms with E-state index in [0.717, 1.165) is 18.4 Å². The van der Waals surface area contributed by atoms with Crippen LogP contribution in [0, 0.1) is 46.3 Å². The number of rotatable bonds is 0. The SMILES string of the molecule is CC1C(C)[C@H](C(C)(C)C)O[C@@H](C)[C@@H]1C.CC1[C@@H](C)[C@H](C)OC[C@H]1C(C)(C)C. The van der Waals surface area contributed by atoms with E-state index >= 15 is 0 Å². The zero-order valence-corrected chi connectivity index (χ0v) is 20.7. The quantitative estimate of drug-likeness (QED) is 0.446. The normalized spacial score (nSPS) is 43.7. The first-order chi connectivity index (χ1) is 12.1. The zero-order chi connectivity index (χ0) is 21.3. The molecule has 2 nitrogen and oxygen atoms in total. The maximum Gasteiger partial charge on any atom is 0.0655 e. The largest absolute Gasteiger partial charge is 0.378 e. The van der Waals surface area contributed by atoms with Crippen molar-refractivity contribution >= 4 is 0 Å². The molecule has 2 aliphatic heterocycles. The highest BCUT2D eigenvalue weighted by Gasteiger charge is 2.42. The van der Waals surface area contributed by atoms with Gasteiger partial charge in [0.15, 0.2) is 0 Å². The molecule has 3 unspecified atom stereocenters. The van der Waals surface area contributed by atoms with Gasteiger partial charge in [0.2, 0.25) is 0 Å². The maximum absolute atomic E-state index is 6.15. The van der Waals surface area contributed by atoms with Gasteiger partial charge in [-0.25, -0.2) is 0 Å².